The molecule has 0 aromatic heterocycles. The van der Waals surface area contributed by atoms with Gasteiger partial charge in [-0.05, 0) is 27.3 Å². The van der Waals surface area contributed by atoms with Crippen molar-refractivity contribution >= 4 is 5.91 Å². The lowest BCUT2D eigenvalue weighted by Crippen LogP contribution is -2.37. The van der Waals surface area contributed by atoms with Crippen LogP contribution in [0.4, 0.5) is 0 Å². The molecule has 1 amide bonds. The fourth-order valence-corrected chi connectivity index (χ4v) is 1.39. The lowest BCUT2D eigenvalue weighted by molar-refractivity contribution is -0.127. The van der Waals surface area contributed by atoms with Gasteiger partial charge in [-0.2, -0.15) is 0 Å². The molecule has 0 heterocycles. The number of carbonyl (C=O) groups is 1. The molecular weight excluding hydrogens is 192 g/mol. The number of likely N-dealkylation sites (N-methyl/N-ethyl adjacent to an activating group) is 1. The summed E-state index contributed by atoms with van der Waals surface area (Å²) in [5.41, 5.74) is 0. The van der Waals surface area contributed by atoms with Gasteiger partial charge in [-0.25, -0.2) is 0 Å². The second kappa shape index (κ2) is 8.68. The van der Waals surface area contributed by atoms with E-state index in [2.05, 4.69) is 17.6 Å². The Hall–Kier alpha value is -0.610. The zero-order valence-corrected chi connectivity index (χ0v) is 10.3. The van der Waals surface area contributed by atoms with Crippen LogP contribution in [-0.2, 0) is 9.53 Å². The molecule has 2 atom stereocenters. The van der Waals surface area contributed by atoms with E-state index in [1.54, 1.807) is 0 Å². The first-order valence-corrected chi connectivity index (χ1v) is 5.65. The van der Waals surface area contributed by atoms with Gasteiger partial charge in [0.2, 0.25) is 5.91 Å². The zero-order valence-electron chi connectivity index (χ0n) is 10.3. The van der Waals surface area contributed by atoms with E-state index in [9.17, 15) is 4.79 Å². The molecule has 0 spiro atoms. The van der Waals surface area contributed by atoms with Crippen LogP contribution >= 0.6 is 0 Å². The normalized spacial score (nSPS) is 14.7. The smallest absolute Gasteiger partial charge is 0.246 e. The van der Waals surface area contributed by atoms with Crippen LogP contribution in [0.25, 0.3) is 0 Å². The van der Waals surface area contributed by atoms with Gasteiger partial charge >= 0.3 is 0 Å². The number of hydrogen-bond donors (Lipinski definition) is 2. The summed E-state index contributed by atoms with van der Waals surface area (Å²) in [5.74, 6) is -0.0288. The highest BCUT2D eigenvalue weighted by Crippen LogP contribution is 1.95. The van der Waals surface area contributed by atoms with Gasteiger partial charge in [-0.1, -0.05) is 13.3 Å². The molecule has 0 aliphatic carbocycles. The maximum absolute atomic E-state index is 11.4. The highest BCUT2D eigenvalue weighted by atomic mass is 16.5. The van der Waals surface area contributed by atoms with Crippen LogP contribution in [0.15, 0.2) is 0 Å². The van der Waals surface area contributed by atoms with E-state index < -0.39 is 0 Å². The van der Waals surface area contributed by atoms with E-state index in [1.807, 2.05) is 20.9 Å². The Kier molecular flexibility index (Phi) is 8.33. The van der Waals surface area contributed by atoms with Crippen molar-refractivity contribution in [1.29, 1.82) is 0 Å². The minimum Gasteiger partial charge on any atom is -0.367 e. The third-order valence-electron chi connectivity index (χ3n) is 2.12. The largest absolute Gasteiger partial charge is 0.367 e. The Morgan fingerprint density at radius 3 is 2.60 bits per heavy atom. The van der Waals surface area contributed by atoms with Crippen molar-refractivity contribution in [2.24, 2.45) is 0 Å². The third-order valence-corrected chi connectivity index (χ3v) is 2.12. The fraction of sp³-hybridized carbons (Fsp3) is 0.909. The van der Waals surface area contributed by atoms with Crippen LogP contribution in [0, 0.1) is 0 Å². The number of nitrogens with one attached hydrogen (secondary N) is 2. The Labute approximate surface area is 92.8 Å². The monoisotopic (exact) mass is 216 g/mol. The number of ether oxygens (including phenoxy) is 1. The van der Waals surface area contributed by atoms with E-state index in [0.717, 1.165) is 19.4 Å². The molecule has 0 fully saturated rings. The second-order valence-electron chi connectivity index (χ2n) is 3.94. The molecule has 0 aromatic carbocycles. The van der Waals surface area contributed by atoms with Gasteiger partial charge in [-0.3, -0.25) is 4.79 Å². The molecule has 2 unspecified atom stereocenters. The highest BCUT2D eigenvalue weighted by molar-refractivity contribution is 5.77. The molecule has 2 N–H and O–H groups in total. The van der Waals surface area contributed by atoms with Gasteiger partial charge in [0.05, 0.1) is 6.10 Å². The SMILES string of the molecule is CCCC(C)NC(=O)COC(C)CNC. The van der Waals surface area contributed by atoms with E-state index in [0.29, 0.717) is 0 Å². The molecule has 15 heavy (non-hydrogen) atoms. The van der Waals surface area contributed by atoms with Crippen molar-refractivity contribution in [2.45, 2.75) is 45.8 Å². The molecule has 4 heteroatoms. The third kappa shape index (κ3) is 8.39. The Morgan fingerprint density at radius 2 is 2.07 bits per heavy atom. The molecular formula is C11H24N2O2. The number of rotatable bonds is 8. The fourth-order valence-electron chi connectivity index (χ4n) is 1.39. The summed E-state index contributed by atoms with van der Waals surface area (Å²) in [4.78, 5) is 11.4. The Balaban J connectivity index is 3.56. The van der Waals surface area contributed by atoms with Crippen LogP contribution in [-0.4, -0.2) is 38.3 Å². The van der Waals surface area contributed by atoms with Gasteiger partial charge in [0, 0.05) is 12.6 Å². The van der Waals surface area contributed by atoms with Crippen molar-refractivity contribution in [3.05, 3.63) is 0 Å². The van der Waals surface area contributed by atoms with Crippen molar-refractivity contribution < 1.29 is 9.53 Å². The van der Waals surface area contributed by atoms with Crippen LogP contribution in [0.1, 0.15) is 33.6 Å². The van der Waals surface area contributed by atoms with Crippen LogP contribution < -0.4 is 10.6 Å². The lowest BCUT2D eigenvalue weighted by Gasteiger charge is -2.15. The quantitative estimate of drug-likeness (QED) is 0.634. The summed E-state index contributed by atoms with van der Waals surface area (Å²) in [6.07, 6.45) is 2.17. The van der Waals surface area contributed by atoms with E-state index in [-0.39, 0.29) is 24.7 Å². The van der Waals surface area contributed by atoms with Gasteiger partial charge in [0.15, 0.2) is 0 Å². The van der Waals surface area contributed by atoms with Gasteiger partial charge in [0.1, 0.15) is 6.61 Å². The van der Waals surface area contributed by atoms with Crippen LogP contribution in [0.2, 0.25) is 0 Å². The molecule has 0 radical (unpaired) electrons. The van der Waals surface area contributed by atoms with Crippen molar-refractivity contribution in [2.75, 3.05) is 20.2 Å². The molecule has 4 nitrogen and oxygen atoms in total. The van der Waals surface area contributed by atoms with Crippen LogP contribution in [0.3, 0.4) is 0 Å². The maximum atomic E-state index is 11.4. The van der Waals surface area contributed by atoms with Crippen molar-refractivity contribution in [3.8, 4) is 0 Å². The van der Waals surface area contributed by atoms with Gasteiger partial charge < -0.3 is 15.4 Å². The van der Waals surface area contributed by atoms with E-state index >= 15 is 0 Å². The summed E-state index contributed by atoms with van der Waals surface area (Å²) in [7, 11) is 1.86. The maximum Gasteiger partial charge on any atom is 0.246 e. The molecule has 0 saturated heterocycles. The molecule has 90 valence electrons. The van der Waals surface area contributed by atoms with Gasteiger partial charge in [-0.15, -0.1) is 0 Å². The Bertz CT molecular complexity index is 174. The number of hydrogen-bond acceptors (Lipinski definition) is 3. The summed E-state index contributed by atoms with van der Waals surface area (Å²) in [6, 6.07) is 0.241. The average molecular weight is 216 g/mol. The first kappa shape index (κ1) is 14.4. The zero-order chi connectivity index (χ0) is 11.7. The molecule has 0 rings (SSSR count). The molecule has 0 aliphatic heterocycles. The molecule has 0 aliphatic rings. The lowest BCUT2D eigenvalue weighted by atomic mass is 10.2. The van der Waals surface area contributed by atoms with Crippen molar-refractivity contribution in [1.82, 2.24) is 10.6 Å². The summed E-state index contributed by atoms with van der Waals surface area (Å²) in [5, 5.41) is 5.89. The summed E-state index contributed by atoms with van der Waals surface area (Å²) in [6.45, 7) is 6.97. The predicted octanol–water partition coefficient (Wildman–Crippen LogP) is 0.916. The minimum absolute atomic E-state index is 0.0288. The van der Waals surface area contributed by atoms with E-state index in [1.165, 1.54) is 0 Å². The standard InChI is InChI=1S/C11H24N2O2/c1-5-6-9(2)13-11(14)8-15-10(3)7-12-4/h9-10,12H,5-8H2,1-4H3,(H,13,14). The first-order valence-electron chi connectivity index (χ1n) is 5.65. The number of carbonyl (C=O) groups excluding carboxylic acids is 1. The minimum atomic E-state index is -0.0288. The number of amides is 1. The second-order valence-corrected chi connectivity index (χ2v) is 3.94. The molecule has 0 aromatic rings. The van der Waals surface area contributed by atoms with Crippen molar-refractivity contribution in [3.63, 3.8) is 0 Å². The first-order chi connectivity index (χ1) is 7.10. The van der Waals surface area contributed by atoms with Crippen LogP contribution in [0.5, 0.6) is 0 Å². The summed E-state index contributed by atoms with van der Waals surface area (Å²) >= 11 is 0. The molecule has 0 saturated carbocycles. The highest BCUT2D eigenvalue weighted by Gasteiger charge is 2.08. The van der Waals surface area contributed by atoms with E-state index in [4.69, 9.17) is 4.74 Å². The topological polar surface area (TPSA) is 50.4 Å². The predicted molar refractivity (Wildman–Crippen MR) is 61.9 cm³/mol. The Morgan fingerprint density at radius 1 is 1.40 bits per heavy atom. The average Bonchev–Trinajstić information content (AvgIpc) is 2.15. The van der Waals surface area contributed by atoms with Gasteiger partial charge in [0.25, 0.3) is 0 Å². The summed E-state index contributed by atoms with van der Waals surface area (Å²) < 4.78 is 5.35. The molecule has 0 bridgehead atoms.